The van der Waals surface area contributed by atoms with Crippen LogP contribution in [0, 0.1) is 13.8 Å². The third-order valence-corrected chi connectivity index (χ3v) is 3.10. The number of nitrogens with zero attached hydrogens (tertiary/aromatic N) is 1. The van der Waals surface area contributed by atoms with Gasteiger partial charge in [-0.2, -0.15) is 0 Å². The minimum absolute atomic E-state index is 0.167. The summed E-state index contributed by atoms with van der Waals surface area (Å²) in [5.41, 5.74) is 1.01. The summed E-state index contributed by atoms with van der Waals surface area (Å²) in [4.78, 5) is 30.2. The van der Waals surface area contributed by atoms with Crippen molar-refractivity contribution in [2.24, 2.45) is 0 Å². The maximum Gasteiger partial charge on any atom is 0.254 e. The van der Waals surface area contributed by atoms with Crippen LogP contribution in [0.4, 0.5) is 0 Å². The Kier molecular flexibility index (Phi) is 6.38. The number of rotatable bonds is 7. The van der Waals surface area contributed by atoms with Crippen molar-refractivity contribution in [2.45, 2.75) is 52.6 Å². The average molecular weight is 281 g/mol. The van der Waals surface area contributed by atoms with Crippen molar-refractivity contribution in [1.82, 2.24) is 15.3 Å². The summed E-state index contributed by atoms with van der Waals surface area (Å²) in [6, 6.07) is 0. The van der Waals surface area contributed by atoms with Crippen LogP contribution in [-0.4, -0.2) is 33.6 Å². The van der Waals surface area contributed by atoms with Crippen LogP contribution in [0.15, 0.2) is 4.79 Å². The molecule has 0 aromatic carbocycles. The van der Waals surface area contributed by atoms with Gasteiger partial charge in [0, 0.05) is 24.2 Å². The fourth-order valence-corrected chi connectivity index (χ4v) is 2.04. The topological polar surface area (TPSA) is 95.1 Å². The number of amides is 1. The van der Waals surface area contributed by atoms with Gasteiger partial charge in [0.25, 0.3) is 5.56 Å². The average Bonchev–Trinajstić information content (AvgIpc) is 2.35. The first-order valence-electron chi connectivity index (χ1n) is 6.95. The molecule has 0 bridgehead atoms. The van der Waals surface area contributed by atoms with Crippen molar-refractivity contribution in [3.05, 3.63) is 27.4 Å². The molecule has 1 amide bonds. The molecule has 6 heteroatoms. The molecule has 0 aliphatic heterocycles. The molecular weight excluding hydrogens is 258 g/mol. The molecule has 0 saturated carbocycles. The number of aliphatic hydroxyl groups excluding tert-OH is 1. The highest BCUT2D eigenvalue weighted by Gasteiger charge is 2.10. The Hall–Kier alpha value is -1.69. The molecule has 112 valence electrons. The minimum Gasteiger partial charge on any atom is -0.391 e. The number of nitrogens with one attached hydrogen (secondary N) is 2. The predicted molar refractivity (Wildman–Crippen MR) is 76.6 cm³/mol. The van der Waals surface area contributed by atoms with Gasteiger partial charge in [-0.05, 0) is 26.7 Å². The number of H-pyrrole nitrogens is 1. The largest absolute Gasteiger partial charge is 0.391 e. The summed E-state index contributed by atoms with van der Waals surface area (Å²) < 4.78 is 0. The van der Waals surface area contributed by atoms with E-state index in [1.54, 1.807) is 13.8 Å². The van der Waals surface area contributed by atoms with E-state index in [1.165, 1.54) is 0 Å². The lowest BCUT2D eigenvalue weighted by molar-refractivity contribution is -0.121. The summed E-state index contributed by atoms with van der Waals surface area (Å²) in [6.07, 6.45) is 1.61. The minimum atomic E-state index is -0.505. The maximum absolute atomic E-state index is 11.8. The molecule has 0 radical (unpaired) electrons. The van der Waals surface area contributed by atoms with E-state index in [-0.39, 0.29) is 24.4 Å². The molecule has 0 saturated heterocycles. The lowest BCUT2D eigenvalue weighted by Gasteiger charge is -2.11. The highest BCUT2D eigenvalue weighted by atomic mass is 16.3. The fourth-order valence-electron chi connectivity index (χ4n) is 2.04. The number of aliphatic hydroxyl groups is 1. The van der Waals surface area contributed by atoms with Crippen molar-refractivity contribution in [3.8, 4) is 0 Å². The second kappa shape index (κ2) is 7.79. The monoisotopic (exact) mass is 281 g/mol. The number of carbonyl (C=O) groups excluding carboxylic acids is 1. The molecule has 3 N–H and O–H groups in total. The molecule has 1 aromatic rings. The standard InChI is InChI=1S/C14H23N3O3/c1-4-5-11(18)8-15-13(19)7-6-12-9(2)16-10(3)17-14(12)20/h11,18H,4-8H2,1-3H3,(H,15,19)(H,16,17,20). The fraction of sp³-hybridized carbons (Fsp3) is 0.643. The van der Waals surface area contributed by atoms with Crippen molar-refractivity contribution in [3.63, 3.8) is 0 Å². The molecule has 0 fully saturated rings. The Morgan fingerprint density at radius 2 is 2.15 bits per heavy atom. The van der Waals surface area contributed by atoms with E-state index in [2.05, 4.69) is 15.3 Å². The lowest BCUT2D eigenvalue weighted by Crippen LogP contribution is -2.32. The van der Waals surface area contributed by atoms with E-state index in [0.29, 0.717) is 29.9 Å². The molecule has 1 atom stereocenters. The summed E-state index contributed by atoms with van der Waals surface area (Å²) in [7, 11) is 0. The highest BCUT2D eigenvalue weighted by Crippen LogP contribution is 2.02. The Morgan fingerprint density at radius 1 is 1.45 bits per heavy atom. The van der Waals surface area contributed by atoms with Gasteiger partial charge >= 0.3 is 0 Å². The SMILES string of the molecule is CCCC(O)CNC(=O)CCc1c(C)nc(C)[nH]c1=O. The van der Waals surface area contributed by atoms with Crippen LogP contribution >= 0.6 is 0 Å². The zero-order valence-electron chi connectivity index (χ0n) is 12.3. The van der Waals surface area contributed by atoms with Crippen LogP contribution < -0.4 is 10.9 Å². The van der Waals surface area contributed by atoms with E-state index in [0.717, 1.165) is 6.42 Å². The smallest absolute Gasteiger partial charge is 0.254 e. The lowest BCUT2D eigenvalue weighted by atomic mass is 10.1. The van der Waals surface area contributed by atoms with Crippen LogP contribution in [0.3, 0.4) is 0 Å². The van der Waals surface area contributed by atoms with Crippen molar-refractivity contribution in [2.75, 3.05) is 6.54 Å². The Bertz CT molecular complexity index is 511. The second-order valence-electron chi connectivity index (χ2n) is 4.96. The Balaban J connectivity index is 2.48. The van der Waals surface area contributed by atoms with Gasteiger partial charge in [-0.15, -0.1) is 0 Å². The van der Waals surface area contributed by atoms with Gasteiger partial charge in [0.15, 0.2) is 0 Å². The van der Waals surface area contributed by atoms with Gasteiger partial charge in [-0.1, -0.05) is 13.3 Å². The number of hydrogen-bond donors (Lipinski definition) is 3. The first-order valence-corrected chi connectivity index (χ1v) is 6.95. The Morgan fingerprint density at radius 3 is 2.75 bits per heavy atom. The molecule has 0 aliphatic rings. The normalized spacial score (nSPS) is 12.2. The first-order chi connectivity index (χ1) is 9.43. The molecule has 1 rings (SSSR count). The number of carbonyl (C=O) groups is 1. The van der Waals surface area contributed by atoms with Crippen molar-refractivity contribution >= 4 is 5.91 Å². The highest BCUT2D eigenvalue weighted by molar-refractivity contribution is 5.76. The number of aryl methyl sites for hydroxylation is 2. The predicted octanol–water partition coefficient (Wildman–Crippen LogP) is 0.597. The van der Waals surface area contributed by atoms with Crippen LogP contribution in [0.25, 0.3) is 0 Å². The van der Waals surface area contributed by atoms with Gasteiger partial charge in [0.05, 0.1) is 6.10 Å². The van der Waals surface area contributed by atoms with Gasteiger partial charge in [-0.3, -0.25) is 9.59 Å². The molecular formula is C14H23N3O3. The zero-order chi connectivity index (χ0) is 15.1. The van der Waals surface area contributed by atoms with E-state index < -0.39 is 6.10 Å². The maximum atomic E-state index is 11.8. The van der Waals surface area contributed by atoms with Gasteiger partial charge in [0.1, 0.15) is 5.82 Å². The van der Waals surface area contributed by atoms with Gasteiger partial charge < -0.3 is 15.4 Å². The number of hydrogen-bond acceptors (Lipinski definition) is 4. The third kappa shape index (κ3) is 5.13. The second-order valence-corrected chi connectivity index (χ2v) is 4.96. The van der Waals surface area contributed by atoms with E-state index in [1.807, 2.05) is 6.92 Å². The Labute approximate surface area is 118 Å². The molecule has 1 aromatic heterocycles. The zero-order valence-corrected chi connectivity index (χ0v) is 12.3. The van der Waals surface area contributed by atoms with Gasteiger partial charge in [-0.25, -0.2) is 4.98 Å². The van der Waals surface area contributed by atoms with E-state index >= 15 is 0 Å². The third-order valence-electron chi connectivity index (χ3n) is 3.10. The summed E-state index contributed by atoms with van der Waals surface area (Å²) >= 11 is 0. The summed E-state index contributed by atoms with van der Waals surface area (Å²) in [6.45, 7) is 5.72. The summed E-state index contributed by atoms with van der Waals surface area (Å²) in [5.74, 6) is 0.405. The van der Waals surface area contributed by atoms with E-state index in [4.69, 9.17) is 0 Å². The van der Waals surface area contributed by atoms with Crippen LogP contribution in [0.5, 0.6) is 0 Å². The summed E-state index contributed by atoms with van der Waals surface area (Å²) in [5, 5.41) is 12.2. The molecule has 0 aliphatic carbocycles. The first kappa shape index (κ1) is 16.4. The molecule has 6 nitrogen and oxygen atoms in total. The molecule has 0 spiro atoms. The molecule has 1 heterocycles. The van der Waals surface area contributed by atoms with Crippen molar-refractivity contribution < 1.29 is 9.90 Å². The number of aromatic nitrogens is 2. The van der Waals surface area contributed by atoms with Crippen LogP contribution in [0.1, 0.15) is 43.3 Å². The van der Waals surface area contributed by atoms with Gasteiger partial charge in [0.2, 0.25) is 5.91 Å². The quantitative estimate of drug-likeness (QED) is 0.682. The number of aromatic amines is 1. The van der Waals surface area contributed by atoms with E-state index in [9.17, 15) is 14.7 Å². The molecule has 20 heavy (non-hydrogen) atoms. The van der Waals surface area contributed by atoms with Crippen LogP contribution in [-0.2, 0) is 11.2 Å². The molecule has 1 unspecified atom stereocenters. The van der Waals surface area contributed by atoms with Crippen LogP contribution in [0.2, 0.25) is 0 Å². The van der Waals surface area contributed by atoms with Crippen molar-refractivity contribution in [1.29, 1.82) is 0 Å².